The number of halogens is 1. The van der Waals surface area contributed by atoms with Crippen LogP contribution in [0.25, 0.3) is 0 Å². The molecular weight excluding hydrogens is 254 g/mol. The zero-order chi connectivity index (χ0) is 11.4. The molecule has 84 valence electrons. The molecule has 1 N–H and O–H groups in total. The van der Waals surface area contributed by atoms with Gasteiger partial charge in [-0.25, -0.2) is 0 Å². The van der Waals surface area contributed by atoms with Crippen LogP contribution >= 0.6 is 15.9 Å². The number of aryl methyl sites for hydroxylation is 1. The predicted molar refractivity (Wildman–Crippen MR) is 68.4 cm³/mol. The van der Waals surface area contributed by atoms with Crippen molar-refractivity contribution < 1.29 is 4.74 Å². The first-order chi connectivity index (χ1) is 7.04. The summed E-state index contributed by atoms with van der Waals surface area (Å²) >= 11 is 3.54. The second-order valence-corrected chi connectivity index (χ2v) is 4.71. The Bertz CT molecular complexity index is 327. The summed E-state index contributed by atoms with van der Waals surface area (Å²) in [4.78, 5) is 0. The fourth-order valence-electron chi connectivity index (χ4n) is 1.30. The molecule has 1 rings (SSSR count). The van der Waals surface area contributed by atoms with Crippen LogP contribution in [0.15, 0.2) is 22.7 Å². The van der Waals surface area contributed by atoms with Crippen molar-refractivity contribution in [2.24, 2.45) is 0 Å². The van der Waals surface area contributed by atoms with Gasteiger partial charge in [-0.1, -0.05) is 6.07 Å². The number of hydrogen-bond acceptors (Lipinski definition) is 2. The topological polar surface area (TPSA) is 21.3 Å². The summed E-state index contributed by atoms with van der Waals surface area (Å²) in [6, 6.07) is 6.57. The Kier molecular flexibility index (Phi) is 4.61. The molecule has 1 aromatic carbocycles. The standard InChI is InChI=1S/C12H18BrNO/c1-8-5-6-12(11(13)7-8)14-9(2)10(3)15-4/h5-7,9-10,14H,1-4H3. The molecule has 0 amide bonds. The van der Waals surface area contributed by atoms with Crippen molar-refractivity contribution in [2.45, 2.75) is 32.9 Å². The molecule has 1 aromatic rings. The van der Waals surface area contributed by atoms with Gasteiger partial charge in [-0.05, 0) is 54.4 Å². The van der Waals surface area contributed by atoms with Gasteiger partial charge < -0.3 is 10.1 Å². The van der Waals surface area contributed by atoms with Gasteiger partial charge in [0.25, 0.3) is 0 Å². The summed E-state index contributed by atoms with van der Waals surface area (Å²) < 4.78 is 6.36. The fourth-order valence-corrected chi connectivity index (χ4v) is 1.91. The Morgan fingerprint density at radius 3 is 2.53 bits per heavy atom. The fraction of sp³-hybridized carbons (Fsp3) is 0.500. The predicted octanol–water partition coefficient (Wildman–Crippen LogP) is 3.59. The molecule has 0 spiro atoms. The molecule has 0 aliphatic rings. The van der Waals surface area contributed by atoms with Gasteiger partial charge in [-0.2, -0.15) is 0 Å². The third-order valence-corrected chi connectivity index (χ3v) is 3.24. The first-order valence-corrected chi connectivity index (χ1v) is 5.89. The quantitative estimate of drug-likeness (QED) is 0.904. The molecule has 0 aliphatic heterocycles. The SMILES string of the molecule is COC(C)C(C)Nc1ccc(C)cc1Br. The average molecular weight is 272 g/mol. The molecule has 0 saturated carbocycles. The average Bonchev–Trinajstić information content (AvgIpc) is 2.20. The highest BCUT2D eigenvalue weighted by Gasteiger charge is 2.11. The molecule has 2 atom stereocenters. The van der Waals surface area contributed by atoms with Crippen molar-refractivity contribution in [1.29, 1.82) is 0 Å². The minimum Gasteiger partial charge on any atom is -0.380 e. The van der Waals surface area contributed by atoms with Gasteiger partial charge in [0.05, 0.1) is 6.10 Å². The lowest BCUT2D eigenvalue weighted by atomic mass is 10.2. The van der Waals surface area contributed by atoms with Crippen molar-refractivity contribution in [3.63, 3.8) is 0 Å². The van der Waals surface area contributed by atoms with E-state index in [0.717, 1.165) is 10.2 Å². The van der Waals surface area contributed by atoms with Gasteiger partial charge in [0.15, 0.2) is 0 Å². The minimum absolute atomic E-state index is 0.193. The number of ether oxygens (including phenoxy) is 1. The lowest BCUT2D eigenvalue weighted by Crippen LogP contribution is -2.29. The smallest absolute Gasteiger partial charge is 0.0741 e. The van der Waals surface area contributed by atoms with Crippen LogP contribution in [0.2, 0.25) is 0 Å². The maximum Gasteiger partial charge on any atom is 0.0741 e. The molecule has 2 nitrogen and oxygen atoms in total. The first-order valence-electron chi connectivity index (χ1n) is 5.10. The molecule has 0 aliphatic carbocycles. The van der Waals surface area contributed by atoms with E-state index in [1.807, 2.05) is 0 Å². The van der Waals surface area contributed by atoms with E-state index in [1.54, 1.807) is 7.11 Å². The number of nitrogens with one attached hydrogen (secondary N) is 1. The Balaban J connectivity index is 2.72. The molecule has 0 bridgehead atoms. The van der Waals surface area contributed by atoms with E-state index >= 15 is 0 Å². The summed E-state index contributed by atoms with van der Waals surface area (Å²) in [7, 11) is 1.73. The van der Waals surface area contributed by atoms with Crippen molar-refractivity contribution >= 4 is 21.6 Å². The minimum atomic E-state index is 0.193. The van der Waals surface area contributed by atoms with E-state index < -0.39 is 0 Å². The third-order valence-electron chi connectivity index (χ3n) is 2.58. The normalized spacial score (nSPS) is 14.7. The maximum atomic E-state index is 5.27. The zero-order valence-electron chi connectivity index (χ0n) is 9.67. The van der Waals surface area contributed by atoms with Crippen molar-refractivity contribution in [2.75, 3.05) is 12.4 Å². The molecule has 3 heteroatoms. The Morgan fingerprint density at radius 1 is 1.33 bits per heavy atom. The van der Waals surface area contributed by atoms with E-state index in [2.05, 4.69) is 60.2 Å². The Morgan fingerprint density at radius 2 is 2.00 bits per heavy atom. The molecule has 0 fully saturated rings. The highest BCUT2D eigenvalue weighted by atomic mass is 79.9. The third kappa shape index (κ3) is 3.50. The van der Waals surface area contributed by atoms with E-state index in [1.165, 1.54) is 5.56 Å². The molecule has 0 radical (unpaired) electrons. The van der Waals surface area contributed by atoms with Crippen molar-refractivity contribution in [3.05, 3.63) is 28.2 Å². The molecule has 15 heavy (non-hydrogen) atoms. The zero-order valence-corrected chi connectivity index (χ0v) is 11.3. The lowest BCUT2D eigenvalue weighted by Gasteiger charge is -2.21. The van der Waals surface area contributed by atoms with Crippen LogP contribution in [-0.2, 0) is 4.74 Å². The second kappa shape index (κ2) is 5.52. The number of methoxy groups -OCH3 is 1. The Hall–Kier alpha value is -0.540. The summed E-state index contributed by atoms with van der Waals surface area (Å²) in [5.74, 6) is 0. The summed E-state index contributed by atoms with van der Waals surface area (Å²) in [6.45, 7) is 6.25. The van der Waals surface area contributed by atoms with Crippen LogP contribution < -0.4 is 5.32 Å². The largest absolute Gasteiger partial charge is 0.380 e. The van der Waals surface area contributed by atoms with Crippen LogP contribution in [-0.4, -0.2) is 19.3 Å². The van der Waals surface area contributed by atoms with Crippen LogP contribution in [0.1, 0.15) is 19.4 Å². The Labute approximate surface area is 100 Å². The number of rotatable bonds is 4. The van der Waals surface area contributed by atoms with E-state index in [9.17, 15) is 0 Å². The van der Waals surface area contributed by atoms with Crippen LogP contribution in [0.3, 0.4) is 0 Å². The van der Waals surface area contributed by atoms with E-state index in [4.69, 9.17) is 4.74 Å². The van der Waals surface area contributed by atoms with E-state index in [-0.39, 0.29) is 12.1 Å². The maximum absolute atomic E-state index is 5.27. The van der Waals surface area contributed by atoms with Gasteiger partial charge in [0, 0.05) is 23.3 Å². The molecule has 2 unspecified atom stereocenters. The van der Waals surface area contributed by atoms with E-state index in [0.29, 0.717) is 0 Å². The highest BCUT2D eigenvalue weighted by molar-refractivity contribution is 9.10. The summed E-state index contributed by atoms with van der Waals surface area (Å²) in [6.07, 6.45) is 0.193. The second-order valence-electron chi connectivity index (χ2n) is 3.86. The molecule has 0 saturated heterocycles. The molecule has 0 aromatic heterocycles. The van der Waals surface area contributed by atoms with Gasteiger partial charge in [0.1, 0.15) is 0 Å². The first kappa shape index (κ1) is 12.5. The van der Waals surface area contributed by atoms with Crippen molar-refractivity contribution in [1.82, 2.24) is 0 Å². The van der Waals surface area contributed by atoms with Crippen LogP contribution in [0.5, 0.6) is 0 Å². The molecular formula is C12H18BrNO. The monoisotopic (exact) mass is 271 g/mol. The van der Waals surface area contributed by atoms with Gasteiger partial charge in [-0.15, -0.1) is 0 Å². The lowest BCUT2D eigenvalue weighted by molar-refractivity contribution is 0.106. The molecule has 0 heterocycles. The van der Waals surface area contributed by atoms with Gasteiger partial charge in [-0.3, -0.25) is 0 Å². The van der Waals surface area contributed by atoms with Gasteiger partial charge >= 0.3 is 0 Å². The number of anilines is 1. The number of benzene rings is 1. The number of hydrogen-bond donors (Lipinski definition) is 1. The van der Waals surface area contributed by atoms with Crippen molar-refractivity contribution in [3.8, 4) is 0 Å². The summed E-state index contributed by atoms with van der Waals surface area (Å²) in [5.41, 5.74) is 2.36. The highest BCUT2D eigenvalue weighted by Crippen LogP contribution is 2.24. The van der Waals surface area contributed by atoms with Crippen LogP contribution in [0.4, 0.5) is 5.69 Å². The van der Waals surface area contributed by atoms with Crippen LogP contribution in [0, 0.1) is 6.92 Å². The summed E-state index contributed by atoms with van der Waals surface area (Å²) in [5, 5.41) is 3.42. The van der Waals surface area contributed by atoms with Gasteiger partial charge in [0.2, 0.25) is 0 Å².